The number of halogens is 1. The molecule has 1 aliphatic rings. The SMILES string of the molecule is CC(NC(C)(C)c1cccc(Cl)c1)C1CC1. The van der Waals surface area contributed by atoms with Crippen molar-refractivity contribution in [2.45, 2.75) is 45.2 Å². The maximum absolute atomic E-state index is 6.03. The van der Waals surface area contributed by atoms with Gasteiger partial charge in [0, 0.05) is 16.6 Å². The van der Waals surface area contributed by atoms with E-state index in [0.29, 0.717) is 6.04 Å². The lowest BCUT2D eigenvalue weighted by Crippen LogP contribution is -2.43. The van der Waals surface area contributed by atoms with E-state index in [0.717, 1.165) is 10.9 Å². The van der Waals surface area contributed by atoms with Crippen LogP contribution in [0.4, 0.5) is 0 Å². The molecule has 1 atom stereocenters. The minimum absolute atomic E-state index is 0.00704. The maximum Gasteiger partial charge on any atom is 0.0409 e. The molecule has 1 nitrogen and oxygen atoms in total. The lowest BCUT2D eigenvalue weighted by molar-refractivity contribution is 0.332. The molecule has 1 saturated carbocycles. The summed E-state index contributed by atoms with van der Waals surface area (Å²) < 4.78 is 0. The standard InChI is InChI=1S/C14H20ClN/c1-10(11-7-8-11)16-14(2,3)12-5-4-6-13(15)9-12/h4-6,9-11,16H,7-8H2,1-3H3. The molecule has 1 fully saturated rings. The van der Waals surface area contributed by atoms with E-state index in [-0.39, 0.29) is 5.54 Å². The highest BCUT2D eigenvalue weighted by Crippen LogP contribution is 2.34. The van der Waals surface area contributed by atoms with Crippen molar-refractivity contribution in [2.24, 2.45) is 5.92 Å². The number of hydrogen-bond acceptors (Lipinski definition) is 1. The fraction of sp³-hybridized carbons (Fsp3) is 0.571. The molecule has 0 radical (unpaired) electrons. The zero-order valence-electron chi connectivity index (χ0n) is 10.3. The third-order valence-corrected chi connectivity index (χ3v) is 3.70. The first-order valence-corrected chi connectivity index (χ1v) is 6.40. The average Bonchev–Trinajstić information content (AvgIpc) is 3.00. The van der Waals surface area contributed by atoms with Gasteiger partial charge in [-0.3, -0.25) is 0 Å². The van der Waals surface area contributed by atoms with E-state index in [4.69, 9.17) is 11.6 Å². The van der Waals surface area contributed by atoms with Gasteiger partial charge in [0.25, 0.3) is 0 Å². The maximum atomic E-state index is 6.03. The predicted octanol–water partition coefficient (Wildman–Crippen LogP) is 3.96. The molecule has 0 heterocycles. The van der Waals surface area contributed by atoms with Crippen molar-refractivity contribution in [3.05, 3.63) is 34.9 Å². The van der Waals surface area contributed by atoms with E-state index in [9.17, 15) is 0 Å². The predicted molar refractivity (Wildman–Crippen MR) is 69.8 cm³/mol. The molecule has 1 aromatic rings. The highest BCUT2D eigenvalue weighted by molar-refractivity contribution is 6.30. The molecule has 0 aliphatic heterocycles. The minimum atomic E-state index is -0.00704. The van der Waals surface area contributed by atoms with Crippen LogP contribution in [-0.4, -0.2) is 6.04 Å². The second-order valence-corrected chi connectivity index (χ2v) is 5.84. The molecule has 0 aromatic heterocycles. The van der Waals surface area contributed by atoms with E-state index in [1.807, 2.05) is 18.2 Å². The summed E-state index contributed by atoms with van der Waals surface area (Å²) in [5.41, 5.74) is 1.25. The van der Waals surface area contributed by atoms with Crippen LogP contribution in [0, 0.1) is 5.92 Å². The topological polar surface area (TPSA) is 12.0 Å². The van der Waals surface area contributed by atoms with E-state index in [2.05, 4.69) is 32.2 Å². The number of benzene rings is 1. The monoisotopic (exact) mass is 237 g/mol. The van der Waals surface area contributed by atoms with E-state index < -0.39 is 0 Å². The molecule has 0 amide bonds. The molecule has 88 valence electrons. The average molecular weight is 238 g/mol. The summed E-state index contributed by atoms with van der Waals surface area (Å²) in [7, 11) is 0. The van der Waals surface area contributed by atoms with Crippen molar-refractivity contribution in [3.63, 3.8) is 0 Å². The number of nitrogens with one attached hydrogen (secondary N) is 1. The number of rotatable bonds is 4. The molecule has 16 heavy (non-hydrogen) atoms. The lowest BCUT2D eigenvalue weighted by atomic mass is 9.93. The van der Waals surface area contributed by atoms with Gasteiger partial charge >= 0.3 is 0 Å². The minimum Gasteiger partial charge on any atom is -0.305 e. The summed E-state index contributed by atoms with van der Waals surface area (Å²) in [5, 5.41) is 4.51. The van der Waals surface area contributed by atoms with Crippen molar-refractivity contribution >= 4 is 11.6 Å². The Labute approximate surface area is 103 Å². The van der Waals surface area contributed by atoms with Crippen molar-refractivity contribution in [2.75, 3.05) is 0 Å². The van der Waals surface area contributed by atoms with Gasteiger partial charge in [0.2, 0.25) is 0 Å². The Bertz CT molecular complexity index is 369. The van der Waals surface area contributed by atoms with Crippen LogP contribution in [0.15, 0.2) is 24.3 Å². The van der Waals surface area contributed by atoms with E-state index in [1.54, 1.807) is 0 Å². The molecule has 2 heteroatoms. The van der Waals surface area contributed by atoms with Crippen molar-refractivity contribution in [1.29, 1.82) is 0 Å². The number of hydrogen-bond donors (Lipinski definition) is 1. The lowest BCUT2D eigenvalue weighted by Gasteiger charge is -2.31. The fourth-order valence-corrected chi connectivity index (χ4v) is 2.43. The van der Waals surface area contributed by atoms with Gasteiger partial charge in [-0.1, -0.05) is 23.7 Å². The summed E-state index contributed by atoms with van der Waals surface area (Å²) in [6.45, 7) is 6.72. The molecular weight excluding hydrogens is 218 g/mol. The van der Waals surface area contributed by atoms with Gasteiger partial charge in [-0.05, 0) is 57.2 Å². The van der Waals surface area contributed by atoms with Crippen LogP contribution in [0.3, 0.4) is 0 Å². The molecule has 0 spiro atoms. The highest BCUT2D eigenvalue weighted by Gasteiger charge is 2.32. The van der Waals surface area contributed by atoms with Crippen molar-refractivity contribution < 1.29 is 0 Å². The fourth-order valence-electron chi connectivity index (χ4n) is 2.24. The largest absolute Gasteiger partial charge is 0.305 e. The summed E-state index contributed by atoms with van der Waals surface area (Å²) in [6, 6.07) is 8.72. The quantitative estimate of drug-likeness (QED) is 0.836. The van der Waals surface area contributed by atoms with Gasteiger partial charge in [0.1, 0.15) is 0 Å². The van der Waals surface area contributed by atoms with Crippen LogP contribution >= 0.6 is 11.6 Å². The van der Waals surface area contributed by atoms with Crippen LogP contribution in [0.25, 0.3) is 0 Å². The Morgan fingerprint density at radius 2 is 2.06 bits per heavy atom. The van der Waals surface area contributed by atoms with Gasteiger partial charge < -0.3 is 5.32 Å². The zero-order chi connectivity index (χ0) is 11.8. The normalized spacial score (nSPS) is 18.5. The van der Waals surface area contributed by atoms with Crippen LogP contribution in [0.5, 0.6) is 0 Å². The molecule has 2 rings (SSSR count). The highest BCUT2D eigenvalue weighted by atomic mass is 35.5. The van der Waals surface area contributed by atoms with E-state index in [1.165, 1.54) is 18.4 Å². The zero-order valence-corrected chi connectivity index (χ0v) is 11.0. The Kier molecular flexibility index (Phi) is 3.27. The molecule has 1 unspecified atom stereocenters. The molecular formula is C14H20ClN. The second kappa shape index (κ2) is 4.38. The Morgan fingerprint density at radius 3 is 2.62 bits per heavy atom. The van der Waals surface area contributed by atoms with Crippen LogP contribution < -0.4 is 5.32 Å². The summed E-state index contributed by atoms with van der Waals surface area (Å²) in [6.07, 6.45) is 2.75. The first kappa shape index (κ1) is 11.9. The van der Waals surface area contributed by atoms with Crippen molar-refractivity contribution in [3.8, 4) is 0 Å². The van der Waals surface area contributed by atoms with Gasteiger partial charge in [-0.25, -0.2) is 0 Å². The van der Waals surface area contributed by atoms with Gasteiger partial charge in [0.15, 0.2) is 0 Å². The Balaban J connectivity index is 2.10. The van der Waals surface area contributed by atoms with Crippen LogP contribution in [0.2, 0.25) is 5.02 Å². The van der Waals surface area contributed by atoms with Crippen LogP contribution in [0.1, 0.15) is 39.2 Å². The van der Waals surface area contributed by atoms with Gasteiger partial charge in [0.05, 0.1) is 0 Å². The third kappa shape index (κ3) is 2.78. The second-order valence-electron chi connectivity index (χ2n) is 5.41. The molecule has 0 saturated heterocycles. The Morgan fingerprint density at radius 1 is 1.38 bits per heavy atom. The molecule has 1 aliphatic carbocycles. The third-order valence-electron chi connectivity index (χ3n) is 3.46. The summed E-state index contributed by atoms with van der Waals surface area (Å²) in [4.78, 5) is 0. The molecule has 0 bridgehead atoms. The van der Waals surface area contributed by atoms with Crippen LogP contribution in [-0.2, 0) is 5.54 Å². The first-order chi connectivity index (χ1) is 7.49. The molecule has 1 N–H and O–H groups in total. The van der Waals surface area contributed by atoms with Gasteiger partial charge in [-0.15, -0.1) is 0 Å². The van der Waals surface area contributed by atoms with Crippen molar-refractivity contribution in [1.82, 2.24) is 5.32 Å². The smallest absolute Gasteiger partial charge is 0.0409 e. The van der Waals surface area contributed by atoms with Gasteiger partial charge in [-0.2, -0.15) is 0 Å². The summed E-state index contributed by atoms with van der Waals surface area (Å²) in [5.74, 6) is 0.874. The summed E-state index contributed by atoms with van der Waals surface area (Å²) >= 11 is 6.03. The Hall–Kier alpha value is -0.530. The van der Waals surface area contributed by atoms with E-state index >= 15 is 0 Å². The molecule has 1 aromatic carbocycles. The first-order valence-electron chi connectivity index (χ1n) is 6.03.